The Morgan fingerprint density at radius 3 is 1.81 bits per heavy atom. The van der Waals surface area contributed by atoms with Crippen molar-refractivity contribution in [1.82, 2.24) is 0 Å². The van der Waals surface area contributed by atoms with Gasteiger partial charge >= 0.3 is 0 Å². The van der Waals surface area contributed by atoms with E-state index in [1.807, 2.05) is 0 Å². The molecule has 0 saturated carbocycles. The van der Waals surface area contributed by atoms with Crippen LogP contribution in [0, 0.1) is 17.8 Å². The first-order valence-corrected chi connectivity index (χ1v) is 23.2. The average Bonchev–Trinajstić information content (AvgIpc) is 3.73. The Hall–Kier alpha value is -7.10. The SMILES string of the molecule is CC1C=CC=C(N(C2=CCC(C3C=CC(c4ccc(N(C5=CC=CC(c6ccc7oc8ccc(-c9ccccc9)cc8c7c6)C5)c5ccccc5)cc4)CC3)C=C2)c2ccccc2)C1. The summed E-state index contributed by atoms with van der Waals surface area (Å²) in [6.45, 7) is 2.30. The van der Waals surface area contributed by atoms with Crippen LogP contribution in [-0.2, 0) is 0 Å². The monoisotopic (exact) mass is 830 g/mol. The Morgan fingerprint density at radius 2 is 1.12 bits per heavy atom. The molecule has 11 rings (SSSR count). The van der Waals surface area contributed by atoms with Crippen LogP contribution in [0.4, 0.5) is 17.1 Å². The minimum Gasteiger partial charge on any atom is -0.456 e. The number of hydrogen-bond acceptors (Lipinski definition) is 3. The summed E-state index contributed by atoms with van der Waals surface area (Å²) in [7, 11) is 0. The molecule has 0 saturated heterocycles. The molecule has 0 bridgehead atoms. The van der Waals surface area contributed by atoms with Crippen LogP contribution in [0.15, 0.2) is 240 Å². The van der Waals surface area contributed by atoms with Gasteiger partial charge in [0, 0.05) is 56.8 Å². The number of rotatable bonds is 10. The largest absolute Gasteiger partial charge is 0.456 e. The lowest BCUT2D eigenvalue weighted by atomic mass is 9.76. The highest BCUT2D eigenvalue weighted by molar-refractivity contribution is 6.06. The first kappa shape index (κ1) is 39.7. The quantitative estimate of drug-likeness (QED) is 0.128. The van der Waals surface area contributed by atoms with Crippen LogP contribution >= 0.6 is 0 Å². The molecule has 1 aromatic heterocycles. The second kappa shape index (κ2) is 17.6. The lowest BCUT2D eigenvalue weighted by Crippen LogP contribution is -2.25. The molecule has 4 aliphatic rings. The van der Waals surface area contributed by atoms with Gasteiger partial charge in [-0.1, -0.05) is 147 Å². The topological polar surface area (TPSA) is 19.6 Å². The zero-order chi connectivity index (χ0) is 42.8. The summed E-state index contributed by atoms with van der Waals surface area (Å²) in [6, 6.07) is 55.0. The van der Waals surface area contributed by atoms with Crippen molar-refractivity contribution in [3.8, 4) is 11.1 Å². The number of furan rings is 1. The average molecular weight is 831 g/mol. The van der Waals surface area contributed by atoms with Crippen molar-refractivity contribution in [2.24, 2.45) is 17.8 Å². The van der Waals surface area contributed by atoms with Gasteiger partial charge in [-0.05, 0) is 151 Å². The van der Waals surface area contributed by atoms with E-state index in [0.717, 1.165) is 35.8 Å². The molecular formula is C61H54N2O. The summed E-state index contributed by atoms with van der Waals surface area (Å²) in [5.74, 6) is 2.28. The molecule has 0 amide bonds. The molecule has 0 N–H and O–H groups in total. The predicted octanol–water partition coefficient (Wildman–Crippen LogP) is 16.5. The Morgan fingerprint density at radius 1 is 0.484 bits per heavy atom. The fraction of sp³-hybridized carbons (Fsp3) is 0.180. The van der Waals surface area contributed by atoms with Crippen molar-refractivity contribution in [2.45, 2.75) is 50.9 Å². The highest BCUT2D eigenvalue weighted by Crippen LogP contribution is 2.42. The number of benzene rings is 6. The Kier molecular flexibility index (Phi) is 10.9. The first-order valence-electron chi connectivity index (χ1n) is 23.2. The highest BCUT2D eigenvalue weighted by atomic mass is 16.3. The maximum absolute atomic E-state index is 6.34. The lowest BCUT2D eigenvalue weighted by Gasteiger charge is -2.34. The second-order valence-electron chi connectivity index (χ2n) is 18.1. The molecule has 5 atom stereocenters. The Balaban J connectivity index is 0.792. The summed E-state index contributed by atoms with van der Waals surface area (Å²) in [6.07, 6.45) is 31.4. The maximum Gasteiger partial charge on any atom is 0.135 e. The van der Waals surface area contributed by atoms with E-state index in [4.69, 9.17) is 4.42 Å². The smallest absolute Gasteiger partial charge is 0.135 e. The third-order valence-electron chi connectivity index (χ3n) is 13.9. The molecule has 3 heteroatoms. The zero-order valence-corrected chi connectivity index (χ0v) is 36.5. The van der Waals surface area contributed by atoms with Gasteiger partial charge in [-0.3, -0.25) is 0 Å². The van der Waals surface area contributed by atoms with Crippen molar-refractivity contribution in [3.63, 3.8) is 0 Å². The van der Waals surface area contributed by atoms with Gasteiger partial charge in [0.25, 0.3) is 0 Å². The molecule has 0 radical (unpaired) electrons. The summed E-state index contributed by atoms with van der Waals surface area (Å²) >= 11 is 0. The van der Waals surface area contributed by atoms with E-state index in [-0.39, 0.29) is 5.92 Å². The molecular weight excluding hydrogens is 777 g/mol. The van der Waals surface area contributed by atoms with Crippen molar-refractivity contribution < 1.29 is 4.42 Å². The van der Waals surface area contributed by atoms with Gasteiger partial charge in [-0.2, -0.15) is 0 Å². The van der Waals surface area contributed by atoms with Gasteiger partial charge < -0.3 is 14.2 Å². The third-order valence-corrected chi connectivity index (χ3v) is 13.9. The lowest BCUT2D eigenvalue weighted by molar-refractivity contribution is 0.407. The Labute approximate surface area is 378 Å². The van der Waals surface area contributed by atoms with E-state index in [0.29, 0.717) is 23.7 Å². The van der Waals surface area contributed by atoms with Crippen LogP contribution in [0.2, 0.25) is 0 Å². The molecule has 4 aliphatic carbocycles. The van der Waals surface area contributed by atoms with Gasteiger partial charge in [0.1, 0.15) is 11.2 Å². The van der Waals surface area contributed by atoms with Gasteiger partial charge in [0.2, 0.25) is 0 Å². The van der Waals surface area contributed by atoms with E-state index in [1.165, 1.54) is 74.6 Å². The van der Waals surface area contributed by atoms with E-state index < -0.39 is 0 Å². The van der Waals surface area contributed by atoms with Crippen LogP contribution in [0.5, 0.6) is 0 Å². The van der Waals surface area contributed by atoms with Crippen molar-refractivity contribution in [1.29, 1.82) is 0 Å². The zero-order valence-electron chi connectivity index (χ0n) is 36.5. The van der Waals surface area contributed by atoms with Crippen molar-refractivity contribution >= 4 is 39.0 Å². The fourth-order valence-electron chi connectivity index (χ4n) is 10.5. The van der Waals surface area contributed by atoms with Crippen molar-refractivity contribution in [3.05, 3.63) is 247 Å². The number of allylic oxidation sites excluding steroid dienone is 13. The first-order chi connectivity index (χ1) is 31.6. The summed E-state index contributed by atoms with van der Waals surface area (Å²) in [5, 5.41) is 2.33. The molecule has 3 nitrogen and oxygen atoms in total. The summed E-state index contributed by atoms with van der Waals surface area (Å²) in [5.41, 5.74) is 14.5. The van der Waals surface area contributed by atoms with Crippen LogP contribution in [-0.4, -0.2) is 0 Å². The van der Waals surface area contributed by atoms with E-state index in [9.17, 15) is 0 Å². The molecule has 314 valence electrons. The minimum atomic E-state index is 0.233. The van der Waals surface area contributed by atoms with E-state index in [2.05, 4.69) is 235 Å². The van der Waals surface area contributed by atoms with Crippen LogP contribution in [0.25, 0.3) is 33.1 Å². The molecule has 64 heavy (non-hydrogen) atoms. The molecule has 5 unspecified atom stereocenters. The molecule has 0 spiro atoms. The number of nitrogens with zero attached hydrogens (tertiary/aromatic N) is 2. The molecule has 0 fully saturated rings. The maximum atomic E-state index is 6.34. The van der Waals surface area contributed by atoms with Gasteiger partial charge in [0.05, 0.1) is 0 Å². The normalized spacial score (nSPS) is 21.7. The van der Waals surface area contributed by atoms with Crippen molar-refractivity contribution in [2.75, 3.05) is 9.80 Å². The molecule has 6 aromatic carbocycles. The molecule has 7 aromatic rings. The number of fused-ring (bicyclic) bond motifs is 3. The minimum absolute atomic E-state index is 0.233. The fourth-order valence-corrected chi connectivity index (χ4v) is 10.5. The van der Waals surface area contributed by atoms with E-state index in [1.54, 1.807) is 0 Å². The van der Waals surface area contributed by atoms with E-state index >= 15 is 0 Å². The molecule has 1 heterocycles. The third kappa shape index (κ3) is 8.03. The van der Waals surface area contributed by atoms with Gasteiger partial charge in [-0.25, -0.2) is 0 Å². The standard InChI is InChI=1S/C61H54N2O/c1-43-13-11-21-56(39-43)62(52-17-7-3-8-18-52)54-33-27-47(28-34-54)45-23-25-46(26-24-45)48-29-35-55(36-30-48)63(53-19-9-4-10-20-53)57-22-12-16-49(40-57)51-32-38-61-59(42-51)58-41-50(31-37-60(58)64-61)44-14-5-2-6-15-44/h2-23,25,27,29-38,41-43,45-47,49H,24,26,28,39-40H2,1H3. The van der Waals surface area contributed by atoms with Gasteiger partial charge in [-0.15, -0.1) is 0 Å². The van der Waals surface area contributed by atoms with Gasteiger partial charge in [0.15, 0.2) is 0 Å². The van der Waals surface area contributed by atoms with Crippen LogP contribution in [0.3, 0.4) is 0 Å². The van der Waals surface area contributed by atoms with Crippen LogP contribution < -0.4 is 9.80 Å². The Bertz CT molecular complexity index is 3000. The second-order valence-corrected chi connectivity index (χ2v) is 18.1. The number of anilines is 3. The number of hydrogen-bond donors (Lipinski definition) is 0. The molecule has 0 aliphatic heterocycles. The summed E-state index contributed by atoms with van der Waals surface area (Å²) < 4.78 is 6.34. The number of para-hydroxylation sites is 2. The predicted molar refractivity (Wildman–Crippen MR) is 269 cm³/mol. The summed E-state index contributed by atoms with van der Waals surface area (Å²) in [4.78, 5) is 4.91. The highest BCUT2D eigenvalue weighted by Gasteiger charge is 2.27. The van der Waals surface area contributed by atoms with Crippen LogP contribution in [0.1, 0.15) is 62.0 Å².